The van der Waals surface area contributed by atoms with Crippen molar-refractivity contribution in [2.45, 2.75) is 19.8 Å². The van der Waals surface area contributed by atoms with Gasteiger partial charge in [-0.2, -0.15) is 5.10 Å². The van der Waals surface area contributed by atoms with Gasteiger partial charge in [-0.3, -0.25) is 10.00 Å². The lowest BCUT2D eigenvalue weighted by Crippen LogP contribution is -2.13. The third-order valence-corrected chi connectivity index (χ3v) is 4.51. The predicted octanol–water partition coefficient (Wildman–Crippen LogP) is 3.28. The Morgan fingerprint density at radius 2 is 2.24 bits per heavy atom. The van der Waals surface area contributed by atoms with Crippen molar-refractivity contribution < 1.29 is 14.6 Å². The highest BCUT2D eigenvalue weighted by atomic mass is 35.5. The molecule has 2 aromatic heterocycles. The molecule has 0 spiro atoms. The monoisotopic (exact) mass is 378 g/mol. The molecule has 9 heteroatoms. The third-order valence-electron chi connectivity index (χ3n) is 3.25. The lowest BCUT2D eigenvalue weighted by molar-refractivity contribution is 0.155. The van der Waals surface area contributed by atoms with E-state index in [-0.39, 0.29) is 13.2 Å². The molecule has 1 aromatic carbocycles. The summed E-state index contributed by atoms with van der Waals surface area (Å²) in [6, 6.07) is 7.17. The number of benzene rings is 1. The van der Waals surface area contributed by atoms with Gasteiger partial charge in [-0.05, 0) is 6.07 Å². The summed E-state index contributed by atoms with van der Waals surface area (Å²) in [5, 5.41) is 18.9. The van der Waals surface area contributed by atoms with Gasteiger partial charge in [0.05, 0.1) is 30.7 Å². The second-order valence-corrected chi connectivity index (χ2v) is 6.46. The van der Waals surface area contributed by atoms with Crippen molar-refractivity contribution in [2.24, 2.45) is 0 Å². The minimum absolute atomic E-state index is 0.0755. The molecule has 0 fully saturated rings. The summed E-state index contributed by atoms with van der Waals surface area (Å²) in [4.78, 5) is 16.1. The number of rotatable bonds is 6. The summed E-state index contributed by atoms with van der Waals surface area (Å²) < 4.78 is 6.79. The number of thiazole rings is 1. The maximum absolute atomic E-state index is 11.9. The van der Waals surface area contributed by atoms with Gasteiger partial charge in [0.15, 0.2) is 0 Å². The molecule has 0 saturated heterocycles. The topological polar surface area (TPSA) is 89.3 Å². The zero-order valence-electron chi connectivity index (χ0n) is 13.1. The average Bonchev–Trinajstić information content (AvgIpc) is 3.24. The Morgan fingerprint density at radius 3 is 3.00 bits per heavy atom. The lowest BCUT2D eigenvalue weighted by atomic mass is 10.2. The highest BCUT2D eigenvalue weighted by molar-refractivity contribution is 7.09. The number of hydrogen-bond acceptors (Lipinski definition) is 6. The average molecular weight is 379 g/mol. The number of amides is 1. The normalized spacial score (nSPS) is 10.6. The number of ether oxygens (including phenoxy) is 1. The number of carbonyl (C=O) groups is 1. The second-order valence-electron chi connectivity index (χ2n) is 5.11. The molecule has 130 valence electrons. The Balaban J connectivity index is 1.52. The highest BCUT2D eigenvalue weighted by Crippen LogP contribution is 2.16. The summed E-state index contributed by atoms with van der Waals surface area (Å²) in [6.07, 6.45) is 2.61. The molecule has 2 N–H and O–H groups in total. The standard InChI is InChI=1S/C16H15ClN4O3S/c17-14-4-2-1-3-11(14)9-24-16(23)20-12-5-18-21(6-12)7-13-10-25-15(8-22)19-13/h1-6,10,22H,7-9H2,(H,20,23). The molecule has 2 heterocycles. The number of carbonyl (C=O) groups excluding carboxylic acids is 1. The first kappa shape index (κ1) is 17.4. The van der Waals surface area contributed by atoms with E-state index in [9.17, 15) is 4.79 Å². The van der Waals surface area contributed by atoms with Gasteiger partial charge in [0.25, 0.3) is 0 Å². The van der Waals surface area contributed by atoms with Gasteiger partial charge >= 0.3 is 6.09 Å². The fraction of sp³-hybridized carbons (Fsp3) is 0.188. The van der Waals surface area contributed by atoms with Crippen LogP contribution in [0.1, 0.15) is 16.3 Å². The Morgan fingerprint density at radius 1 is 1.40 bits per heavy atom. The van der Waals surface area contributed by atoms with Gasteiger partial charge in [0, 0.05) is 22.2 Å². The zero-order valence-corrected chi connectivity index (χ0v) is 14.6. The number of nitrogens with one attached hydrogen (secondary N) is 1. The molecule has 25 heavy (non-hydrogen) atoms. The molecule has 0 aliphatic carbocycles. The van der Waals surface area contributed by atoms with Crippen molar-refractivity contribution in [1.29, 1.82) is 0 Å². The Bertz CT molecular complexity index is 864. The van der Waals surface area contributed by atoms with Crippen LogP contribution in [-0.4, -0.2) is 26.0 Å². The fourth-order valence-electron chi connectivity index (χ4n) is 2.09. The van der Waals surface area contributed by atoms with E-state index in [4.69, 9.17) is 21.4 Å². The van der Waals surface area contributed by atoms with E-state index in [1.165, 1.54) is 17.5 Å². The van der Waals surface area contributed by atoms with Crippen molar-refractivity contribution in [3.05, 3.63) is 63.3 Å². The Labute approximate surface area is 152 Å². The largest absolute Gasteiger partial charge is 0.444 e. The quantitative estimate of drug-likeness (QED) is 0.687. The molecule has 0 unspecified atom stereocenters. The van der Waals surface area contributed by atoms with E-state index >= 15 is 0 Å². The Hall–Kier alpha value is -2.42. The molecule has 0 bridgehead atoms. The van der Waals surface area contributed by atoms with Gasteiger partial charge in [0.2, 0.25) is 0 Å². The molecule has 0 aliphatic rings. The molecule has 0 aliphatic heterocycles. The molecule has 0 atom stereocenters. The van der Waals surface area contributed by atoms with Crippen molar-refractivity contribution in [3.8, 4) is 0 Å². The third kappa shape index (κ3) is 4.79. The van der Waals surface area contributed by atoms with Crippen molar-refractivity contribution in [1.82, 2.24) is 14.8 Å². The first-order valence-electron chi connectivity index (χ1n) is 7.38. The van der Waals surface area contributed by atoms with Crippen LogP contribution in [0.3, 0.4) is 0 Å². The number of aliphatic hydroxyl groups is 1. The van der Waals surface area contributed by atoms with Crippen LogP contribution in [0.25, 0.3) is 0 Å². The zero-order chi connectivity index (χ0) is 17.6. The maximum Gasteiger partial charge on any atom is 0.412 e. The summed E-state index contributed by atoms with van der Waals surface area (Å²) in [6.45, 7) is 0.461. The number of nitrogens with zero attached hydrogens (tertiary/aromatic N) is 3. The molecule has 7 nitrogen and oxygen atoms in total. The van der Waals surface area contributed by atoms with Crippen LogP contribution in [-0.2, 0) is 24.5 Å². The number of halogens is 1. The van der Waals surface area contributed by atoms with Crippen LogP contribution in [0.15, 0.2) is 42.0 Å². The summed E-state index contributed by atoms with van der Waals surface area (Å²) >= 11 is 7.40. The molecule has 3 rings (SSSR count). The van der Waals surface area contributed by atoms with Crippen LogP contribution >= 0.6 is 22.9 Å². The smallest absolute Gasteiger partial charge is 0.412 e. The maximum atomic E-state index is 11.9. The van der Waals surface area contributed by atoms with Crippen molar-refractivity contribution in [2.75, 3.05) is 5.32 Å². The summed E-state index contributed by atoms with van der Waals surface area (Å²) in [7, 11) is 0. The van der Waals surface area contributed by atoms with Gasteiger partial charge in [0.1, 0.15) is 11.6 Å². The van der Waals surface area contributed by atoms with E-state index in [1.54, 1.807) is 23.0 Å². The Kier molecular flexibility index (Phi) is 5.64. The molecule has 0 radical (unpaired) electrons. The molecule has 0 saturated carbocycles. The van der Waals surface area contributed by atoms with Gasteiger partial charge in [-0.15, -0.1) is 11.3 Å². The van der Waals surface area contributed by atoms with Crippen molar-refractivity contribution in [3.63, 3.8) is 0 Å². The van der Waals surface area contributed by atoms with Crippen LogP contribution < -0.4 is 5.32 Å². The minimum Gasteiger partial charge on any atom is -0.444 e. The lowest BCUT2D eigenvalue weighted by Gasteiger charge is -2.06. The highest BCUT2D eigenvalue weighted by Gasteiger charge is 2.08. The molecule has 1 amide bonds. The van der Waals surface area contributed by atoms with Gasteiger partial charge in [-0.25, -0.2) is 9.78 Å². The summed E-state index contributed by atoms with van der Waals surface area (Å²) in [5.74, 6) is 0. The molecular formula is C16H15ClN4O3S. The molecular weight excluding hydrogens is 364 g/mol. The second kappa shape index (κ2) is 8.11. The molecule has 3 aromatic rings. The van der Waals surface area contributed by atoms with E-state index in [1.807, 2.05) is 17.5 Å². The SMILES string of the molecule is O=C(Nc1cnn(Cc2csc(CO)n2)c1)OCc1ccccc1Cl. The first-order chi connectivity index (χ1) is 12.1. The van der Waals surface area contributed by atoms with Crippen LogP contribution in [0, 0.1) is 0 Å². The van der Waals surface area contributed by atoms with E-state index in [2.05, 4.69) is 15.4 Å². The van der Waals surface area contributed by atoms with Crippen molar-refractivity contribution >= 4 is 34.7 Å². The number of hydrogen-bond donors (Lipinski definition) is 2. The fourth-order valence-corrected chi connectivity index (χ4v) is 2.92. The van der Waals surface area contributed by atoms with Gasteiger partial charge in [-0.1, -0.05) is 29.8 Å². The van der Waals surface area contributed by atoms with Crippen LogP contribution in [0.2, 0.25) is 5.02 Å². The number of aliphatic hydroxyl groups excluding tert-OH is 1. The van der Waals surface area contributed by atoms with Gasteiger partial charge < -0.3 is 9.84 Å². The van der Waals surface area contributed by atoms with Crippen LogP contribution in [0.4, 0.5) is 10.5 Å². The minimum atomic E-state index is -0.587. The van der Waals surface area contributed by atoms with E-state index in [0.29, 0.717) is 22.3 Å². The van der Waals surface area contributed by atoms with Crippen LogP contribution in [0.5, 0.6) is 0 Å². The number of aromatic nitrogens is 3. The first-order valence-corrected chi connectivity index (χ1v) is 8.63. The number of anilines is 1. The van der Waals surface area contributed by atoms with E-state index in [0.717, 1.165) is 11.3 Å². The van der Waals surface area contributed by atoms with E-state index < -0.39 is 6.09 Å². The summed E-state index contributed by atoms with van der Waals surface area (Å²) in [5.41, 5.74) is 2.05. The predicted molar refractivity (Wildman–Crippen MR) is 94.6 cm³/mol.